The van der Waals surface area contributed by atoms with E-state index in [-0.39, 0.29) is 23.4 Å². The molecular weight excluding hydrogens is 214 g/mol. The Kier molecular flexibility index (Phi) is 3.70. The molecule has 16 heavy (non-hydrogen) atoms. The molecule has 1 aromatic carbocycles. The van der Waals surface area contributed by atoms with Gasteiger partial charge in [-0.25, -0.2) is 4.79 Å². The molecule has 0 saturated heterocycles. The molecule has 0 aromatic heterocycles. The molecule has 6 heteroatoms. The Morgan fingerprint density at radius 1 is 1.56 bits per heavy atom. The quantitative estimate of drug-likeness (QED) is 0.579. The molecule has 1 unspecified atom stereocenters. The first-order valence-corrected chi connectivity index (χ1v) is 4.53. The van der Waals surface area contributed by atoms with Gasteiger partial charge in [0.05, 0.1) is 13.2 Å². The fourth-order valence-electron chi connectivity index (χ4n) is 1.28. The summed E-state index contributed by atoms with van der Waals surface area (Å²) < 4.78 is 4.81. The third kappa shape index (κ3) is 2.23. The van der Waals surface area contributed by atoms with Gasteiger partial charge < -0.3 is 25.8 Å². The molecule has 0 radical (unpaired) electrons. The number of carbonyl (C=O) groups is 1. The summed E-state index contributed by atoms with van der Waals surface area (Å²) in [5.74, 6) is -1.78. The van der Waals surface area contributed by atoms with Crippen LogP contribution in [0.1, 0.15) is 22.0 Å². The Balaban J connectivity index is 3.34. The van der Waals surface area contributed by atoms with Gasteiger partial charge in [-0.05, 0) is 17.7 Å². The van der Waals surface area contributed by atoms with E-state index in [1.54, 1.807) is 0 Å². The van der Waals surface area contributed by atoms with Gasteiger partial charge in [0.15, 0.2) is 11.5 Å². The number of methoxy groups -OCH3 is 1. The highest BCUT2D eigenvalue weighted by atomic mass is 16.5. The first kappa shape index (κ1) is 12.3. The largest absolute Gasteiger partial charge is 0.504 e. The smallest absolute Gasteiger partial charge is 0.339 e. The molecule has 0 aliphatic rings. The number of aromatic hydroxyl groups is 1. The van der Waals surface area contributed by atoms with E-state index in [9.17, 15) is 15.0 Å². The number of hydrogen-bond acceptors (Lipinski definition) is 5. The molecule has 0 aliphatic carbocycles. The van der Waals surface area contributed by atoms with E-state index in [4.69, 9.17) is 15.6 Å². The van der Waals surface area contributed by atoms with Crippen molar-refractivity contribution in [2.75, 3.05) is 13.7 Å². The van der Waals surface area contributed by atoms with Crippen LogP contribution in [0.25, 0.3) is 0 Å². The number of rotatable bonds is 4. The number of carboxylic acids is 1. The number of nitrogens with two attached hydrogens (primary N) is 1. The van der Waals surface area contributed by atoms with Crippen LogP contribution >= 0.6 is 0 Å². The van der Waals surface area contributed by atoms with E-state index >= 15 is 0 Å². The minimum atomic E-state index is -1.30. The number of ether oxygens (including phenoxy) is 1. The lowest BCUT2D eigenvalue weighted by Crippen LogP contribution is -2.12. The van der Waals surface area contributed by atoms with Crippen molar-refractivity contribution in [1.82, 2.24) is 0 Å². The Bertz CT molecular complexity index is 404. The highest BCUT2D eigenvalue weighted by Gasteiger charge is 2.18. The van der Waals surface area contributed by atoms with Crippen molar-refractivity contribution >= 4 is 5.97 Å². The molecule has 5 N–H and O–H groups in total. The van der Waals surface area contributed by atoms with Gasteiger partial charge in [0, 0.05) is 6.54 Å². The molecule has 0 heterocycles. The zero-order valence-corrected chi connectivity index (χ0v) is 8.67. The van der Waals surface area contributed by atoms with Gasteiger partial charge >= 0.3 is 5.97 Å². The van der Waals surface area contributed by atoms with Crippen LogP contribution in [0.4, 0.5) is 0 Å². The first-order valence-electron chi connectivity index (χ1n) is 4.53. The molecule has 0 saturated carbocycles. The van der Waals surface area contributed by atoms with Crippen LogP contribution in [0.15, 0.2) is 12.1 Å². The van der Waals surface area contributed by atoms with Crippen molar-refractivity contribution in [3.8, 4) is 11.5 Å². The number of aliphatic hydroxyl groups excluding tert-OH is 1. The minimum absolute atomic E-state index is 0.0117. The zero-order chi connectivity index (χ0) is 12.3. The molecule has 0 amide bonds. The molecule has 0 spiro atoms. The van der Waals surface area contributed by atoms with Crippen molar-refractivity contribution in [2.45, 2.75) is 6.10 Å². The third-order valence-electron chi connectivity index (χ3n) is 2.16. The molecule has 88 valence electrons. The monoisotopic (exact) mass is 227 g/mol. The minimum Gasteiger partial charge on any atom is -0.504 e. The Morgan fingerprint density at radius 2 is 2.19 bits per heavy atom. The Morgan fingerprint density at radius 3 is 2.62 bits per heavy atom. The number of aromatic carboxylic acids is 1. The molecule has 0 fully saturated rings. The SMILES string of the molecule is COc1cc(C(O)CN)cc(C(=O)O)c1O. The summed E-state index contributed by atoms with van der Waals surface area (Å²) in [6.07, 6.45) is -0.993. The normalized spacial score (nSPS) is 12.2. The van der Waals surface area contributed by atoms with E-state index in [1.165, 1.54) is 13.2 Å². The summed E-state index contributed by atoms with van der Waals surface area (Å²) >= 11 is 0. The standard InChI is InChI=1S/C10H13NO5/c1-16-8-3-5(7(12)4-11)2-6(9(8)13)10(14)15/h2-3,7,12-13H,4,11H2,1H3,(H,14,15). The lowest BCUT2D eigenvalue weighted by molar-refractivity contribution is 0.0692. The van der Waals surface area contributed by atoms with Crippen molar-refractivity contribution < 1.29 is 24.9 Å². The number of benzene rings is 1. The van der Waals surface area contributed by atoms with Crippen LogP contribution in [-0.4, -0.2) is 34.9 Å². The average Bonchev–Trinajstić information content (AvgIpc) is 2.27. The average molecular weight is 227 g/mol. The Labute approximate surface area is 91.9 Å². The number of carboxylic acid groups (broad SMARTS) is 1. The van der Waals surface area contributed by atoms with E-state index in [1.807, 2.05) is 0 Å². The van der Waals surface area contributed by atoms with Crippen molar-refractivity contribution in [2.24, 2.45) is 5.73 Å². The van der Waals surface area contributed by atoms with Gasteiger partial charge in [-0.15, -0.1) is 0 Å². The van der Waals surface area contributed by atoms with Crippen LogP contribution in [0, 0.1) is 0 Å². The van der Waals surface area contributed by atoms with E-state index in [0.717, 1.165) is 6.07 Å². The molecule has 1 aromatic rings. The highest BCUT2D eigenvalue weighted by Crippen LogP contribution is 2.33. The Hall–Kier alpha value is -1.79. The second-order valence-electron chi connectivity index (χ2n) is 3.18. The fourth-order valence-corrected chi connectivity index (χ4v) is 1.28. The predicted molar refractivity (Wildman–Crippen MR) is 55.6 cm³/mol. The molecule has 0 bridgehead atoms. The summed E-state index contributed by atoms with van der Waals surface area (Å²) in [4.78, 5) is 10.8. The van der Waals surface area contributed by atoms with E-state index < -0.39 is 17.8 Å². The maximum atomic E-state index is 10.8. The summed E-state index contributed by atoms with van der Waals surface area (Å²) in [5.41, 5.74) is 5.21. The van der Waals surface area contributed by atoms with Crippen LogP contribution in [-0.2, 0) is 0 Å². The van der Waals surface area contributed by atoms with Gasteiger partial charge in [-0.1, -0.05) is 0 Å². The maximum absolute atomic E-state index is 10.8. The van der Waals surface area contributed by atoms with Crippen LogP contribution < -0.4 is 10.5 Å². The van der Waals surface area contributed by atoms with Crippen molar-refractivity contribution in [3.05, 3.63) is 23.3 Å². The summed E-state index contributed by atoms with van der Waals surface area (Å²) in [7, 11) is 1.29. The summed E-state index contributed by atoms with van der Waals surface area (Å²) in [5, 5.41) is 27.8. The molecule has 1 rings (SSSR count). The predicted octanol–water partition coefficient (Wildman–Crippen LogP) is 0.0911. The second-order valence-corrected chi connectivity index (χ2v) is 3.18. The lowest BCUT2D eigenvalue weighted by atomic mass is 10.0. The van der Waals surface area contributed by atoms with Crippen LogP contribution in [0.2, 0.25) is 0 Å². The molecule has 1 atom stereocenters. The molecular formula is C10H13NO5. The van der Waals surface area contributed by atoms with Crippen molar-refractivity contribution in [3.63, 3.8) is 0 Å². The topological polar surface area (TPSA) is 113 Å². The summed E-state index contributed by atoms with van der Waals surface area (Å²) in [6.45, 7) is -0.0486. The van der Waals surface area contributed by atoms with Gasteiger partial charge in [0.2, 0.25) is 0 Å². The highest BCUT2D eigenvalue weighted by molar-refractivity contribution is 5.92. The fraction of sp³-hybridized carbons (Fsp3) is 0.300. The van der Waals surface area contributed by atoms with E-state index in [2.05, 4.69) is 0 Å². The summed E-state index contributed by atoms with van der Waals surface area (Å²) in [6, 6.07) is 2.51. The number of aliphatic hydroxyl groups is 1. The third-order valence-corrected chi connectivity index (χ3v) is 2.16. The first-order chi connectivity index (χ1) is 7.51. The number of phenols is 1. The van der Waals surface area contributed by atoms with E-state index in [0.29, 0.717) is 0 Å². The van der Waals surface area contributed by atoms with Crippen LogP contribution in [0.3, 0.4) is 0 Å². The molecule has 0 aliphatic heterocycles. The van der Waals surface area contributed by atoms with Gasteiger partial charge in [0.1, 0.15) is 5.56 Å². The van der Waals surface area contributed by atoms with Gasteiger partial charge in [-0.2, -0.15) is 0 Å². The number of hydrogen-bond donors (Lipinski definition) is 4. The van der Waals surface area contributed by atoms with Crippen LogP contribution in [0.5, 0.6) is 11.5 Å². The lowest BCUT2D eigenvalue weighted by Gasteiger charge is -2.13. The zero-order valence-electron chi connectivity index (χ0n) is 8.67. The maximum Gasteiger partial charge on any atom is 0.339 e. The van der Waals surface area contributed by atoms with Gasteiger partial charge in [0.25, 0.3) is 0 Å². The van der Waals surface area contributed by atoms with Gasteiger partial charge in [-0.3, -0.25) is 0 Å². The second kappa shape index (κ2) is 4.82. The van der Waals surface area contributed by atoms with Crippen molar-refractivity contribution in [1.29, 1.82) is 0 Å². The molecule has 6 nitrogen and oxygen atoms in total.